The number of rotatable bonds is 7. The number of carbonyl (C=O) groups excluding carboxylic acids is 1. The van der Waals surface area contributed by atoms with Gasteiger partial charge in [0.2, 0.25) is 15.9 Å². The topological polar surface area (TPSA) is 89.7 Å². The third-order valence-corrected chi connectivity index (χ3v) is 6.97. The van der Waals surface area contributed by atoms with Gasteiger partial charge in [-0.15, -0.1) is 0 Å². The van der Waals surface area contributed by atoms with Crippen molar-refractivity contribution >= 4 is 27.5 Å². The van der Waals surface area contributed by atoms with E-state index in [-0.39, 0.29) is 24.5 Å². The predicted molar refractivity (Wildman–Crippen MR) is 108 cm³/mol. The summed E-state index contributed by atoms with van der Waals surface area (Å²) in [6.07, 6.45) is 1.33. The Kier molecular flexibility index (Phi) is 6.27. The van der Waals surface area contributed by atoms with Crippen molar-refractivity contribution < 1.29 is 17.9 Å². The van der Waals surface area contributed by atoms with Crippen molar-refractivity contribution in [2.45, 2.75) is 24.2 Å². The molecule has 28 heavy (non-hydrogen) atoms. The number of para-hydroxylation sites is 1. The normalized spacial score (nSPS) is 20.6. The molecule has 2 aromatic carbocycles. The summed E-state index contributed by atoms with van der Waals surface area (Å²) < 4.78 is 33.5. The van der Waals surface area contributed by atoms with Gasteiger partial charge in [-0.05, 0) is 43.2 Å². The van der Waals surface area contributed by atoms with Crippen LogP contribution in [-0.4, -0.2) is 38.3 Å². The highest BCUT2D eigenvalue weighted by Crippen LogP contribution is 2.36. The van der Waals surface area contributed by atoms with Crippen LogP contribution in [0.15, 0.2) is 59.5 Å². The molecule has 1 aliphatic rings. The number of ether oxygens (including phenoxy) is 1. The molecule has 1 fully saturated rings. The average Bonchev–Trinajstić information content (AvgIpc) is 2.67. The van der Waals surface area contributed by atoms with E-state index in [9.17, 15) is 13.2 Å². The molecule has 0 aliphatic carbocycles. The molecule has 8 heteroatoms. The van der Waals surface area contributed by atoms with E-state index in [2.05, 4.69) is 0 Å². The van der Waals surface area contributed by atoms with E-state index in [1.807, 2.05) is 30.3 Å². The average molecular weight is 423 g/mol. The Morgan fingerprint density at radius 2 is 1.93 bits per heavy atom. The Bertz CT molecular complexity index is 936. The Hall–Kier alpha value is -2.09. The van der Waals surface area contributed by atoms with E-state index < -0.39 is 21.3 Å². The van der Waals surface area contributed by atoms with Crippen LogP contribution in [0.3, 0.4) is 0 Å². The van der Waals surface area contributed by atoms with Gasteiger partial charge in [0.15, 0.2) is 0 Å². The second kappa shape index (κ2) is 8.51. The zero-order chi connectivity index (χ0) is 20.2. The summed E-state index contributed by atoms with van der Waals surface area (Å²) in [4.78, 5) is 11.9. The van der Waals surface area contributed by atoms with Crippen LogP contribution >= 0.6 is 11.6 Å². The lowest BCUT2D eigenvalue weighted by atomic mass is 9.78. The van der Waals surface area contributed by atoms with Crippen molar-refractivity contribution in [3.05, 3.63) is 59.6 Å². The predicted octanol–water partition coefficient (Wildman–Crippen LogP) is 3.07. The number of halogens is 1. The van der Waals surface area contributed by atoms with Crippen molar-refractivity contribution in [3.63, 3.8) is 0 Å². The molecule has 1 heterocycles. The molecule has 0 unspecified atom stereocenters. The van der Waals surface area contributed by atoms with E-state index in [1.165, 1.54) is 16.4 Å². The molecule has 2 N–H and O–H groups in total. The van der Waals surface area contributed by atoms with E-state index in [1.54, 1.807) is 12.1 Å². The molecule has 0 bridgehead atoms. The molecule has 1 aliphatic heterocycles. The highest BCUT2D eigenvalue weighted by atomic mass is 35.5. The summed E-state index contributed by atoms with van der Waals surface area (Å²) in [5, 5.41) is 0.355. The van der Waals surface area contributed by atoms with Crippen LogP contribution in [0.1, 0.15) is 19.3 Å². The fourth-order valence-electron chi connectivity index (χ4n) is 3.58. The molecule has 0 radical (unpaired) electrons. The zero-order valence-electron chi connectivity index (χ0n) is 15.4. The van der Waals surface area contributed by atoms with Gasteiger partial charge >= 0.3 is 0 Å². The van der Waals surface area contributed by atoms with Gasteiger partial charge in [0, 0.05) is 29.9 Å². The molecular weight excluding hydrogens is 400 g/mol. The Morgan fingerprint density at radius 3 is 2.61 bits per heavy atom. The van der Waals surface area contributed by atoms with Crippen molar-refractivity contribution in [1.29, 1.82) is 0 Å². The first kappa shape index (κ1) is 20.6. The van der Waals surface area contributed by atoms with E-state index >= 15 is 0 Å². The largest absolute Gasteiger partial charge is 0.493 e. The molecule has 0 aromatic heterocycles. The van der Waals surface area contributed by atoms with Gasteiger partial charge in [0.05, 0.1) is 11.5 Å². The molecule has 6 nitrogen and oxygen atoms in total. The molecule has 3 rings (SSSR count). The van der Waals surface area contributed by atoms with Crippen LogP contribution in [0.5, 0.6) is 5.75 Å². The number of piperidine rings is 1. The molecule has 1 amide bonds. The van der Waals surface area contributed by atoms with Gasteiger partial charge in [-0.3, -0.25) is 4.79 Å². The second-order valence-electron chi connectivity index (χ2n) is 7.14. The number of sulfonamides is 1. The van der Waals surface area contributed by atoms with Gasteiger partial charge in [-0.1, -0.05) is 35.9 Å². The van der Waals surface area contributed by atoms with Gasteiger partial charge in [-0.25, -0.2) is 8.42 Å². The number of nitrogens with zero attached hydrogens (tertiary/aromatic N) is 1. The summed E-state index contributed by atoms with van der Waals surface area (Å²) in [5.74, 6) is 0.194. The molecule has 150 valence electrons. The molecule has 0 spiro atoms. The lowest BCUT2D eigenvalue weighted by Crippen LogP contribution is -2.50. The van der Waals surface area contributed by atoms with Crippen LogP contribution in [0, 0.1) is 5.41 Å². The fourth-order valence-corrected chi connectivity index (χ4v) is 5.47. The smallest absolute Gasteiger partial charge is 0.243 e. The minimum absolute atomic E-state index is 0.0569. The van der Waals surface area contributed by atoms with Crippen molar-refractivity contribution in [1.82, 2.24) is 4.31 Å². The Balaban J connectivity index is 1.84. The number of carbonyl (C=O) groups is 1. The summed E-state index contributed by atoms with van der Waals surface area (Å²) in [7, 11) is -3.73. The van der Waals surface area contributed by atoms with Gasteiger partial charge in [-0.2, -0.15) is 4.31 Å². The first-order valence-electron chi connectivity index (χ1n) is 9.03. The zero-order valence-corrected chi connectivity index (χ0v) is 17.0. The van der Waals surface area contributed by atoms with E-state index in [4.69, 9.17) is 22.1 Å². The van der Waals surface area contributed by atoms with Crippen LogP contribution < -0.4 is 10.5 Å². The maximum absolute atomic E-state index is 13.1. The standard InChI is InChI=1S/C20H23ClN2O4S/c21-16-6-4-9-18(12-16)28(25,26)23-11-5-10-20(14-23,13-19(22)24)15-27-17-7-2-1-3-8-17/h1-4,6-9,12H,5,10-11,13-15H2,(H2,22,24)/t20-/m1/s1. The van der Waals surface area contributed by atoms with E-state index in [0.717, 1.165) is 0 Å². The number of hydrogen-bond acceptors (Lipinski definition) is 4. The van der Waals surface area contributed by atoms with Gasteiger partial charge in [0.25, 0.3) is 0 Å². The highest BCUT2D eigenvalue weighted by Gasteiger charge is 2.42. The van der Waals surface area contributed by atoms with Crippen molar-refractivity contribution in [2.24, 2.45) is 11.1 Å². The second-order valence-corrected chi connectivity index (χ2v) is 9.52. The lowest BCUT2D eigenvalue weighted by molar-refractivity contribution is -0.121. The first-order valence-corrected chi connectivity index (χ1v) is 10.8. The van der Waals surface area contributed by atoms with Crippen LogP contribution in [0.4, 0.5) is 0 Å². The summed E-state index contributed by atoms with van der Waals surface area (Å²) in [6, 6.07) is 15.4. The monoisotopic (exact) mass is 422 g/mol. The van der Waals surface area contributed by atoms with Gasteiger partial charge < -0.3 is 10.5 Å². The van der Waals surface area contributed by atoms with Gasteiger partial charge in [0.1, 0.15) is 5.75 Å². The van der Waals surface area contributed by atoms with Crippen molar-refractivity contribution in [3.8, 4) is 5.75 Å². The van der Waals surface area contributed by atoms with Crippen LogP contribution in [0.25, 0.3) is 0 Å². The molecule has 1 saturated heterocycles. The quantitative estimate of drug-likeness (QED) is 0.742. The lowest BCUT2D eigenvalue weighted by Gasteiger charge is -2.41. The third-order valence-electron chi connectivity index (χ3n) is 4.90. The number of benzene rings is 2. The highest BCUT2D eigenvalue weighted by molar-refractivity contribution is 7.89. The fraction of sp³-hybridized carbons (Fsp3) is 0.350. The number of primary amides is 1. The molecule has 0 saturated carbocycles. The van der Waals surface area contributed by atoms with Crippen LogP contribution in [-0.2, 0) is 14.8 Å². The van der Waals surface area contributed by atoms with Crippen molar-refractivity contribution in [2.75, 3.05) is 19.7 Å². The maximum Gasteiger partial charge on any atom is 0.243 e. The molecule has 2 aromatic rings. The minimum atomic E-state index is -3.73. The van der Waals surface area contributed by atoms with E-state index in [0.29, 0.717) is 30.2 Å². The number of nitrogens with two attached hydrogens (primary N) is 1. The Morgan fingerprint density at radius 1 is 1.18 bits per heavy atom. The molecule has 1 atom stereocenters. The Labute approximate surface area is 170 Å². The minimum Gasteiger partial charge on any atom is -0.493 e. The maximum atomic E-state index is 13.1. The first-order chi connectivity index (χ1) is 13.3. The summed E-state index contributed by atoms with van der Waals surface area (Å²) in [5.41, 5.74) is 4.81. The number of amides is 1. The van der Waals surface area contributed by atoms with Crippen LogP contribution in [0.2, 0.25) is 5.02 Å². The third kappa shape index (κ3) is 4.84. The summed E-state index contributed by atoms with van der Waals surface area (Å²) in [6.45, 7) is 0.750. The number of hydrogen-bond donors (Lipinski definition) is 1. The SMILES string of the molecule is NC(=O)C[C@]1(COc2ccccc2)CCCN(S(=O)(=O)c2cccc(Cl)c2)C1. The molecular formula is C20H23ClN2O4S. The summed E-state index contributed by atoms with van der Waals surface area (Å²) >= 11 is 5.97.